The Kier molecular flexibility index (Phi) is 7.18. The molecule has 3 fully saturated rings. The van der Waals surface area contributed by atoms with E-state index in [1.807, 2.05) is 27.7 Å². The van der Waals surface area contributed by atoms with Crippen molar-refractivity contribution in [2.24, 2.45) is 5.92 Å². The molecule has 1 aliphatic carbocycles. The molecule has 0 spiro atoms. The van der Waals surface area contributed by atoms with Gasteiger partial charge >= 0.3 is 0 Å². The van der Waals surface area contributed by atoms with Crippen molar-refractivity contribution in [3.8, 4) is 0 Å². The summed E-state index contributed by atoms with van der Waals surface area (Å²) in [5, 5.41) is 0. The standard InChI is InChI=1S/C15H18F2N2O.2C2H6/c1-15(16,17)12-8-10(18)4-7-13(12)19-11-5-2-9(3-6-11)14(19)20;2*1-2/h4,7-9,11H,2-3,5-6,18H2,1H3;2*1-2H3. The van der Waals surface area contributed by atoms with Crippen LogP contribution in [0.5, 0.6) is 0 Å². The van der Waals surface area contributed by atoms with Gasteiger partial charge < -0.3 is 10.6 Å². The van der Waals surface area contributed by atoms with Gasteiger partial charge in [0, 0.05) is 30.1 Å². The normalized spacial score (nSPS) is 22.3. The molecule has 5 heteroatoms. The maximum absolute atomic E-state index is 13.8. The molecule has 0 aromatic heterocycles. The highest BCUT2D eigenvalue weighted by Crippen LogP contribution is 2.43. The van der Waals surface area contributed by atoms with Crippen LogP contribution < -0.4 is 10.6 Å². The molecule has 2 aliphatic heterocycles. The van der Waals surface area contributed by atoms with Gasteiger partial charge in [-0.1, -0.05) is 27.7 Å². The molecule has 1 aromatic carbocycles. The number of hydrogen-bond donors (Lipinski definition) is 1. The van der Waals surface area contributed by atoms with Crippen molar-refractivity contribution in [2.45, 2.75) is 72.3 Å². The maximum Gasteiger partial charge on any atom is 0.272 e. The average Bonchev–Trinajstić information content (AvgIpc) is 2.59. The number of amides is 1. The number of nitrogens with zero attached hydrogens (tertiary/aromatic N) is 1. The van der Waals surface area contributed by atoms with Gasteiger partial charge in [0.1, 0.15) is 0 Å². The Morgan fingerprint density at radius 2 is 1.62 bits per heavy atom. The summed E-state index contributed by atoms with van der Waals surface area (Å²) in [4.78, 5) is 14.0. The maximum atomic E-state index is 13.8. The summed E-state index contributed by atoms with van der Waals surface area (Å²) in [6, 6.07) is 4.48. The van der Waals surface area contributed by atoms with E-state index in [0.29, 0.717) is 11.4 Å². The van der Waals surface area contributed by atoms with Crippen molar-refractivity contribution < 1.29 is 13.6 Å². The van der Waals surface area contributed by atoms with E-state index in [1.165, 1.54) is 6.07 Å². The molecule has 0 unspecified atom stereocenters. The Bertz CT molecular complexity index is 547. The summed E-state index contributed by atoms with van der Waals surface area (Å²) >= 11 is 0. The Hall–Kier alpha value is -1.65. The van der Waals surface area contributed by atoms with E-state index in [2.05, 4.69) is 0 Å². The van der Waals surface area contributed by atoms with Crippen LogP contribution in [0.25, 0.3) is 0 Å². The van der Waals surface area contributed by atoms with Gasteiger partial charge in [-0.3, -0.25) is 4.79 Å². The van der Waals surface area contributed by atoms with Crippen molar-refractivity contribution in [3.05, 3.63) is 23.8 Å². The third kappa shape index (κ3) is 4.05. The number of halogens is 2. The summed E-state index contributed by atoms with van der Waals surface area (Å²) in [5.41, 5.74) is 6.09. The van der Waals surface area contributed by atoms with Crippen LogP contribution in [0.1, 0.15) is 65.9 Å². The van der Waals surface area contributed by atoms with Crippen molar-refractivity contribution in [1.29, 1.82) is 0 Å². The van der Waals surface area contributed by atoms with E-state index in [-0.39, 0.29) is 23.4 Å². The first-order valence-electron chi connectivity index (χ1n) is 8.99. The van der Waals surface area contributed by atoms with Crippen LogP contribution in [0.3, 0.4) is 0 Å². The van der Waals surface area contributed by atoms with E-state index in [4.69, 9.17) is 5.73 Å². The van der Waals surface area contributed by atoms with Crippen molar-refractivity contribution in [1.82, 2.24) is 0 Å². The van der Waals surface area contributed by atoms with Crippen LogP contribution in [0.15, 0.2) is 18.2 Å². The number of fused-ring (bicyclic) bond motifs is 3. The molecule has 1 amide bonds. The smallest absolute Gasteiger partial charge is 0.272 e. The van der Waals surface area contributed by atoms with Gasteiger partial charge in [-0.25, -0.2) is 8.78 Å². The fraction of sp³-hybridized carbons (Fsp3) is 0.632. The molecule has 3 nitrogen and oxygen atoms in total. The fourth-order valence-electron chi connectivity index (χ4n) is 3.39. The Morgan fingerprint density at radius 1 is 1.08 bits per heavy atom. The predicted octanol–water partition coefficient (Wildman–Crippen LogP) is 5.34. The Morgan fingerprint density at radius 3 is 2.08 bits per heavy atom. The highest BCUT2D eigenvalue weighted by molar-refractivity contribution is 5.98. The van der Waals surface area contributed by atoms with E-state index in [0.717, 1.165) is 32.6 Å². The first kappa shape index (κ1) is 20.4. The van der Waals surface area contributed by atoms with Crippen LogP contribution >= 0.6 is 0 Å². The van der Waals surface area contributed by atoms with E-state index < -0.39 is 5.92 Å². The van der Waals surface area contributed by atoms with Crippen LogP contribution in [0.2, 0.25) is 0 Å². The van der Waals surface area contributed by atoms with E-state index in [1.54, 1.807) is 17.0 Å². The summed E-state index contributed by atoms with van der Waals surface area (Å²) in [5.74, 6) is -3.03. The second-order valence-electron chi connectivity index (χ2n) is 5.88. The molecule has 136 valence electrons. The fourth-order valence-corrected chi connectivity index (χ4v) is 3.39. The lowest BCUT2D eigenvalue weighted by Gasteiger charge is -2.45. The average molecular weight is 340 g/mol. The lowest BCUT2D eigenvalue weighted by atomic mass is 9.78. The molecule has 1 saturated carbocycles. The van der Waals surface area contributed by atoms with Crippen LogP contribution in [0, 0.1) is 5.92 Å². The minimum Gasteiger partial charge on any atom is -0.399 e. The van der Waals surface area contributed by atoms with Gasteiger partial charge in [0.2, 0.25) is 5.91 Å². The lowest BCUT2D eigenvalue weighted by molar-refractivity contribution is -0.127. The summed E-state index contributed by atoms with van der Waals surface area (Å²) in [6.45, 7) is 8.85. The molecule has 4 rings (SSSR count). The number of nitrogens with two attached hydrogens (primary N) is 1. The summed E-state index contributed by atoms with van der Waals surface area (Å²) in [6.07, 6.45) is 3.56. The second-order valence-corrected chi connectivity index (χ2v) is 5.88. The first-order chi connectivity index (χ1) is 11.4. The van der Waals surface area contributed by atoms with Crippen LogP contribution in [0.4, 0.5) is 20.2 Å². The van der Waals surface area contributed by atoms with Gasteiger partial charge in [-0.15, -0.1) is 0 Å². The Balaban J connectivity index is 0.000000671. The zero-order valence-corrected chi connectivity index (χ0v) is 15.4. The van der Waals surface area contributed by atoms with Crippen molar-refractivity contribution in [3.63, 3.8) is 0 Å². The molecule has 0 radical (unpaired) electrons. The quantitative estimate of drug-likeness (QED) is 0.739. The van der Waals surface area contributed by atoms with Gasteiger partial charge in [0.15, 0.2) is 0 Å². The van der Waals surface area contributed by atoms with E-state index >= 15 is 0 Å². The molecule has 3 aliphatic rings. The minimum atomic E-state index is -3.01. The highest BCUT2D eigenvalue weighted by atomic mass is 19.3. The predicted molar refractivity (Wildman–Crippen MR) is 96.4 cm³/mol. The molecular formula is C19H30F2N2O. The summed E-state index contributed by atoms with van der Waals surface area (Å²) in [7, 11) is 0. The van der Waals surface area contributed by atoms with Crippen LogP contribution in [-0.4, -0.2) is 11.9 Å². The topological polar surface area (TPSA) is 46.3 Å². The minimum absolute atomic E-state index is 0.00381. The number of carbonyl (C=O) groups is 1. The molecule has 2 N–H and O–H groups in total. The Labute approximate surface area is 144 Å². The third-order valence-electron chi connectivity index (χ3n) is 4.40. The number of hydrogen-bond acceptors (Lipinski definition) is 2. The molecule has 2 bridgehead atoms. The number of anilines is 2. The zero-order chi connectivity index (χ0) is 18.5. The van der Waals surface area contributed by atoms with Gasteiger partial charge in [-0.2, -0.15) is 0 Å². The molecule has 2 saturated heterocycles. The number of alkyl halides is 2. The molecule has 1 aromatic rings. The van der Waals surface area contributed by atoms with Gasteiger partial charge in [0.25, 0.3) is 5.92 Å². The molecular weight excluding hydrogens is 310 g/mol. The number of carbonyl (C=O) groups excluding carboxylic acids is 1. The lowest BCUT2D eigenvalue weighted by Crippen LogP contribution is -2.53. The molecule has 2 heterocycles. The molecule has 24 heavy (non-hydrogen) atoms. The second kappa shape index (κ2) is 8.45. The number of benzene rings is 1. The van der Waals surface area contributed by atoms with Crippen molar-refractivity contribution in [2.75, 3.05) is 10.6 Å². The first-order valence-corrected chi connectivity index (χ1v) is 8.99. The monoisotopic (exact) mass is 340 g/mol. The zero-order valence-electron chi connectivity index (χ0n) is 15.4. The van der Waals surface area contributed by atoms with E-state index in [9.17, 15) is 13.6 Å². The van der Waals surface area contributed by atoms with Gasteiger partial charge in [-0.05, 0) is 43.9 Å². The third-order valence-corrected chi connectivity index (χ3v) is 4.40. The number of nitrogen functional groups attached to an aromatic ring is 1. The number of piperidine rings is 2. The molecule has 0 atom stereocenters. The van der Waals surface area contributed by atoms with Gasteiger partial charge in [0.05, 0.1) is 5.69 Å². The van der Waals surface area contributed by atoms with Crippen LogP contribution in [-0.2, 0) is 10.7 Å². The van der Waals surface area contributed by atoms with Crippen molar-refractivity contribution >= 4 is 17.3 Å². The highest BCUT2D eigenvalue weighted by Gasteiger charge is 2.43. The largest absolute Gasteiger partial charge is 0.399 e. The number of rotatable bonds is 2. The summed E-state index contributed by atoms with van der Waals surface area (Å²) < 4.78 is 27.7. The SMILES string of the molecule is CC.CC.CC(F)(F)c1cc(N)ccc1N1C(=O)C2CCC1CC2.